The number of halogens is 1. The van der Waals surface area contributed by atoms with Crippen LogP contribution in [0.15, 0.2) is 88.9 Å². The van der Waals surface area contributed by atoms with Crippen LogP contribution in [0.25, 0.3) is 0 Å². The topological polar surface area (TPSA) is 84.8 Å². The van der Waals surface area contributed by atoms with Gasteiger partial charge in [0.1, 0.15) is 10.7 Å². The van der Waals surface area contributed by atoms with Crippen LogP contribution < -0.4 is 9.61 Å². The molecule has 3 rings (SSSR count). The number of hydrogen-bond donors (Lipinski definition) is 1. The smallest absolute Gasteiger partial charge is 0.339 e. The third-order valence-corrected chi connectivity index (χ3v) is 5.03. The molecule has 0 aromatic heterocycles. The Balaban J connectivity index is 1.70. The summed E-state index contributed by atoms with van der Waals surface area (Å²) in [6, 6.07) is 19.9. The fourth-order valence-corrected chi connectivity index (χ4v) is 3.43. The molecule has 0 aliphatic rings. The minimum Gasteiger partial charge on any atom is -0.378 e. The van der Waals surface area contributed by atoms with Crippen LogP contribution >= 0.6 is 0 Å². The van der Waals surface area contributed by atoms with E-state index in [-0.39, 0.29) is 23.0 Å². The molecule has 0 aliphatic carbocycles. The molecule has 0 aliphatic heterocycles. The number of hydrazone groups is 1. The average molecular weight is 412 g/mol. The van der Waals surface area contributed by atoms with Gasteiger partial charge in [-0.25, -0.2) is 9.82 Å². The Morgan fingerprint density at radius 3 is 2.48 bits per heavy atom. The first kappa shape index (κ1) is 20.2. The summed E-state index contributed by atoms with van der Waals surface area (Å²) >= 11 is 0. The summed E-state index contributed by atoms with van der Waals surface area (Å²) in [7, 11) is -4.23. The van der Waals surface area contributed by atoms with Crippen molar-refractivity contribution in [2.24, 2.45) is 5.10 Å². The van der Waals surface area contributed by atoms with Gasteiger partial charge in [0.05, 0.1) is 12.6 Å². The van der Waals surface area contributed by atoms with Crippen molar-refractivity contribution >= 4 is 22.2 Å². The van der Waals surface area contributed by atoms with E-state index in [2.05, 4.69) is 10.5 Å². The number of benzene rings is 3. The summed E-state index contributed by atoms with van der Waals surface area (Å²) in [4.78, 5) is 11.6. The zero-order chi connectivity index (χ0) is 20.7. The van der Waals surface area contributed by atoms with Crippen molar-refractivity contribution in [1.29, 1.82) is 0 Å². The second-order valence-corrected chi connectivity index (χ2v) is 7.53. The van der Waals surface area contributed by atoms with E-state index in [1.165, 1.54) is 24.4 Å². The molecule has 1 amide bonds. The summed E-state index contributed by atoms with van der Waals surface area (Å²) in [6.45, 7) is 0. The Hall–Kier alpha value is -3.52. The van der Waals surface area contributed by atoms with Crippen LogP contribution in [0.3, 0.4) is 0 Å². The highest BCUT2D eigenvalue weighted by atomic mass is 32.2. The molecule has 3 aromatic rings. The highest BCUT2D eigenvalue weighted by molar-refractivity contribution is 7.87. The van der Waals surface area contributed by atoms with Crippen LogP contribution in [0.2, 0.25) is 0 Å². The molecule has 0 unspecified atom stereocenters. The highest BCUT2D eigenvalue weighted by Gasteiger charge is 2.18. The summed E-state index contributed by atoms with van der Waals surface area (Å²) in [5.41, 5.74) is 3.55. The molecular formula is C21H17FN2O4S. The SMILES string of the molecule is O=C(Cc1ccccc1)N/N=C/c1ccccc1OS(=O)(=O)c1cccc(F)c1. The van der Waals surface area contributed by atoms with Gasteiger partial charge in [0.25, 0.3) is 0 Å². The van der Waals surface area contributed by atoms with Crippen LogP contribution in [0, 0.1) is 5.82 Å². The third kappa shape index (κ3) is 5.73. The fraction of sp³-hybridized carbons (Fsp3) is 0.0476. The van der Waals surface area contributed by atoms with Crippen molar-refractivity contribution in [3.63, 3.8) is 0 Å². The molecule has 1 N–H and O–H groups in total. The number of hydrogen-bond acceptors (Lipinski definition) is 5. The van der Waals surface area contributed by atoms with Gasteiger partial charge < -0.3 is 4.18 Å². The molecule has 3 aromatic carbocycles. The monoisotopic (exact) mass is 412 g/mol. The van der Waals surface area contributed by atoms with Crippen LogP contribution in [0.1, 0.15) is 11.1 Å². The molecule has 0 fully saturated rings. The fourth-order valence-electron chi connectivity index (χ4n) is 2.45. The standard InChI is InChI=1S/C21H17FN2O4S/c22-18-10-6-11-19(14-18)29(26,27)28-20-12-5-4-9-17(20)15-23-24-21(25)13-16-7-2-1-3-8-16/h1-12,14-15H,13H2,(H,24,25)/b23-15+. The first-order valence-corrected chi connectivity index (χ1v) is 10.00. The lowest BCUT2D eigenvalue weighted by atomic mass is 10.1. The first-order valence-electron chi connectivity index (χ1n) is 8.59. The molecular weight excluding hydrogens is 395 g/mol. The van der Waals surface area contributed by atoms with E-state index < -0.39 is 15.9 Å². The van der Waals surface area contributed by atoms with E-state index in [9.17, 15) is 17.6 Å². The van der Waals surface area contributed by atoms with E-state index in [0.717, 1.165) is 17.7 Å². The Kier molecular flexibility index (Phi) is 6.36. The number of amides is 1. The lowest BCUT2D eigenvalue weighted by molar-refractivity contribution is -0.120. The van der Waals surface area contributed by atoms with Crippen LogP contribution in [-0.2, 0) is 21.3 Å². The Labute approximate surface area is 167 Å². The van der Waals surface area contributed by atoms with E-state index in [1.54, 1.807) is 18.2 Å². The predicted molar refractivity (Wildman–Crippen MR) is 107 cm³/mol. The molecule has 0 atom stereocenters. The van der Waals surface area contributed by atoms with E-state index >= 15 is 0 Å². The number of carbonyl (C=O) groups is 1. The molecule has 0 radical (unpaired) electrons. The molecule has 6 nitrogen and oxygen atoms in total. The second kappa shape index (κ2) is 9.11. The average Bonchev–Trinajstić information content (AvgIpc) is 2.70. The molecule has 0 saturated carbocycles. The summed E-state index contributed by atoms with van der Waals surface area (Å²) in [5, 5.41) is 3.86. The minimum atomic E-state index is -4.23. The van der Waals surface area contributed by atoms with Gasteiger partial charge in [-0.2, -0.15) is 13.5 Å². The van der Waals surface area contributed by atoms with Crippen LogP contribution in [0.4, 0.5) is 4.39 Å². The summed E-state index contributed by atoms with van der Waals surface area (Å²) in [6.07, 6.45) is 1.43. The van der Waals surface area contributed by atoms with Crippen molar-refractivity contribution < 1.29 is 21.8 Å². The highest BCUT2D eigenvalue weighted by Crippen LogP contribution is 2.22. The van der Waals surface area contributed by atoms with Crippen molar-refractivity contribution in [2.75, 3.05) is 0 Å². The Bertz CT molecular complexity index is 1130. The van der Waals surface area contributed by atoms with E-state index in [1.807, 2.05) is 30.3 Å². The maximum absolute atomic E-state index is 13.3. The van der Waals surface area contributed by atoms with Crippen molar-refractivity contribution in [1.82, 2.24) is 5.43 Å². The third-order valence-electron chi connectivity index (χ3n) is 3.80. The number of nitrogens with zero attached hydrogens (tertiary/aromatic N) is 1. The summed E-state index contributed by atoms with van der Waals surface area (Å²) < 4.78 is 43.2. The Morgan fingerprint density at radius 2 is 1.72 bits per heavy atom. The minimum absolute atomic E-state index is 0.00202. The summed E-state index contributed by atoms with van der Waals surface area (Å²) in [5.74, 6) is -1.01. The second-order valence-electron chi connectivity index (χ2n) is 5.99. The lowest BCUT2D eigenvalue weighted by Crippen LogP contribution is -2.19. The maximum atomic E-state index is 13.3. The van der Waals surface area contributed by atoms with Crippen molar-refractivity contribution in [3.8, 4) is 5.75 Å². The lowest BCUT2D eigenvalue weighted by Gasteiger charge is -2.09. The van der Waals surface area contributed by atoms with Crippen LogP contribution in [0.5, 0.6) is 5.75 Å². The number of carbonyl (C=O) groups excluding carboxylic acids is 1. The van der Waals surface area contributed by atoms with E-state index in [4.69, 9.17) is 4.18 Å². The Morgan fingerprint density at radius 1 is 1.00 bits per heavy atom. The van der Waals surface area contributed by atoms with Gasteiger partial charge in [0.15, 0.2) is 5.75 Å². The molecule has 29 heavy (non-hydrogen) atoms. The molecule has 0 bridgehead atoms. The molecule has 8 heteroatoms. The van der Waals surface area contributed by atoms with Gasteiger partial charge in [-0.05, 0) is 35.9 Å². The van der Waals surface area contributed by atoms with Gasteiger partial charge in [-0.3, -0.25) is 4.79 Å². The zero-order valence-electron chi connectivity index (χ0n) is 15.2. The quantitative estimate of drug-likeness (QED) is 0.367. The molecule has 148 valence electrons. The van der Waals surface area contributed by atoms with Gasteiger partial charge in [-0.1, -0.05) is 48.5 Å². The number of para-hydroxylation sites is 1. The van der Waals surface area contributed by atoms with E-state index in [0.29, 0.717) is 5.56 Å². The van der Waals surface area contributed by atoms with Crippen LogP contribution in [-0.4, -0.2) is 20.5 Å². The zero-order valence-corrected chi connectivity index (χ0v) is 16.0. The molecule has 0 spiro atoms. The predicted octanol–water partition coefficient (Wildman–Crippen LogP) is 3.29. The van der Waals surface area contributed by atoms with Crippen molar-refractivity contribution in [2.45, 2.75) is 11.3 Å². The normalized spacial score (nSPS) is 11.3. The number of nitrogens with one attached hydrogen (secondary N) is 1. The first-order chi connectivity index (χ1) is 13.9. The van der Waals surface area contributed by atoms with Gasteiger partial charge in [0, 0.05) is 5.56 Å². The molecule has 0 heterocycles. The van der Waals surface area contributed by atoms with Gasteiger partial charge in [0.2, 0.25) is 5.91 Å². The molecule has 0 saturated heterocycles. The maximum Gasteiger partial charge on any atom is 0.339 e. The van der Waals surface area contributed by atoms with Gasteiger partial charge >= 0.3 is 10.1 Å². The van der Waals surface area contributed by atoms with Crippen molar-refractivity contribution in [3.05, 3.63) is 95.8 Å². The van der Waals surface area contributed by atoms with Gasteiger partial charge in [-0.15, -0.1) is 0 Å². The number of rotatable bonds is 7. The largest absolute Gasteiger partial charge is 0.378 e.